The molecule has 116 valence electrons. The van der Waals surface area contributed by atoms with E-state index in [1.807, 2.05) is 0 Å². The Morgan fingerprint density at radius 1 is 1.48 bits per heavy atom. The lowest BCUT2D eigenvalue weighted by molar-refractivity contribution is -0.144. The van der Waals surface area contributed by atoms with Crippen molar-refractivity contribution in [2.45, 2.75) is 19.4 Å². The molecular weight excluding hydrogens is 297 g/mol. The van der Waals surface area contributed by atoms with Crippen LogP contribution >= 0.6 is 11.6 Å². The number of hydrogen-bond acceptors (Lipinski definition) is 3. The Morgan fingerprint density at radius 3 is 2.86 bits per heavy atom. The molecule has 0 spiro atoms. The average Bonchev–Trinajstić information content (AvgIpc) is 2.48. The SMILES string of the molecule is O=C(O)C(CNCc1cccc(Cl)c1F)C1CCOCC1. The number of hydrogen-bond donors (Lipinski definition) is 2. The average molecular weight is 316 g/mol. The van der Waals surface area contributed by atoms with E-state index < -0.39 is 17.7 Å². The minimum atomic E-state index is -0.819. The van der Waals surface area contributed by atoms with Crippen molar-refractivity contribution in [2.24, 2.45) is 11.8 Å². The van der Waals surface area contributed by atoms with E-state index in [-0.39, 0.29) is 17.5 Å². The highest BCUT2D eigenvalue weighted by molar-refractivity contribution is 6.30. The van der Waals surface area contributed by atoms with Gasteiger partial charge in [0.05, 0.1) is 10.9 Å². The Labute approximate surface area is 128 Å². The van der Waals surface area contributed by atoms with Gasteiger partial charge in [-0.25, -0.2) is 4.39 Å². The van der Waals surface area contributed by atoms with Crippen molar-refractivity contribution in [3.63, 3.8) is 0 Å². The fraction of sp³-hybridized carbons (Fsp3) is 0.533. The fourth-order valence-electron chi connectivity index (χ4n) is 2.62. The van der Waals surface area contributed by atoms with Gasteiger partial charge in [0.25, 0.3) is 0 Å². The van der Waals surface area contributed by atoms with E-state index in [9.17, 15) is 14.3 Å². The lowest BCUT2D eigenvalue weighted by Crippen LogP contribution is -2.36. The molecule has 1 aliphatic rings. The highest BCUT2D eigenvalue weighted by atomic mass is 35.5. The number of carboxylic acids is 1. The zero-order valence-electron chi connectivity index (χ0n) is 11.6. The van der Waals surface area contributed by atoms with Gasteiger partial charge in [-0.1, -0.05) is 23.7 Å². The van der Waals surface area contributed by atoms with Crippen LogP contribution in [0.3, 0.4) is 0 Å². The molecule has 21 heavy (non-hydrogen) atoms. The van der Waals surface area contributed by atoms with Gasteiger partial charge in [-0.2, -0.15) is 0 Å². The van der Waals surface area contributed by atoms with Gasteiger partial charge in [0.1, 0.15) is 5.82 Å². The summed E-state index contributed by atoms with van der Waals surface area (Å²) in [6.45, 7) is 1.79. The van der Waals surface area contributed by atoms with E-state index in [1.54, 1.807) is 12.1 Å². The quantitative estimate of drug-likeness (QED) is 0.847. The molecule has 6 heteroatoms. The van der Waals surface area contributed by atoms with Crippen molar-refractivity contribution in [1.29, 1.82) is 0 Å². The van der Waals surface area contributed by atoms with Crippen molar-refractivity contribution in [3.05, 3.63) is 34.6 Å². The maximum Gasteiger partial charge on any atom is 0.308 e. The van der Waals surface area contributed by atoms with Crippen LogP contribution in [-0.2, 0) is 16.1 Å². The fourth-order valence-corrected chi connectivity index (χ4v) is 2.82. The third-order valence-electron chi connectivity index (χ3n) is 3.86. The third kappa shape index (κ3) is 4.40. The first-order valence-corrected chi connectivity index (χ1v) is 7.41. The molecule has 0 radical (unpaired) electrons. The highest BCUT2D eigenvalue weighted by Gasteiger charge is 2.29. The standard InChI is InChI=1S/C15H19ClFNO3/c16-13-3-1-2-11(14(13)17)8-18-9-12(15(19)20)10-4-6-21-7-5-10/h1-3,10,12,18H,4-9H2,(H,19,20). The number of nitrogens with one attached hydrogen (secondary N) is 1. The summed E-state index contributed by atoms with van der Waals surface area (Å²) < 4.78 is 19.0. The predicted octanol–water partition coefficient (Wildman–Crippen LogP) is 2.70. The first-order chi connectivity index (χ1) is 10.1. The number of halogens is 2. The minimum absolute atomic E-state index is 0.0773. The van der Waals surface area contributed by atoms with Gasteiger partial charge in [0, 0.05) is 31.9 Å². The normalized spacial score (nSPS) is 17.6. The molecule has 1 heterocycles. The monoisotopic (exact) mass is 315 g/mol. The molecular formula is C15H19ClFNO3. The van der Waals surface area contributed by atoms with Crippen LogP contribution in [0.1, 0.15) is 18.4 Å². The Kier molecular flexibility index (Phi) is 5.96. The molecule has 1 aromatic rings. The number of carboxylic acid groups (broad SMARTS) is 1. The molecule has 4 nitrogen and oxygen atoms in total. The van der Waals surface area contributed by atoms with Crippen LogP contribution in [0.2, 0.25) is 5.02 Å². The molecule has 0 saturated carbocycles. The first kappa shape index (κ1) is 16.2. The van der Waals surface area contributed by atoms with Gasteiger partial charge >= 0.3 is 5.97 Å². The summed E-state index contributed by atoms with van der Waals surface area (Å²) >= 11 is 5.72. The Balaban J connectivity index is 1.90. The molecule has 0 amide bonds. The number of ether oxygens (including phenoxy) is 1. The minimum Gasteiger partial charge on any atom is -0.481 e. The number of benzene rings is 1. The van der Waals surface area contributed by atoms with Crippen molar-refractivity contribution < 1.29 is 19.0 Å². The van der Waals surface area contributed by atoms with Gasteiger partial charge in [-0.15, -0.1) is 0 Å². The molecule has 1 aromatic carbocycles. The van der Waals surface area contributed by atoms with Crippen LogP contribution in [0.25, 0.3) is 0 Å². The summed E-state index contributed by atoms with van der Waals surface area (Å²) in [5.74, 6) is -1.64. The number of rotatable bonds is 6. The van der Waals surface area contributed by atoms with Gasteiger partial charge in [0.2, 0.25) is 0 Å². The second-order valence-corrected chi connectivity index (χ2v) is 5.65. The summed E-state index contributed by atoms with van der Waals surface area (Å²) in [6.07, 6.45) is 1.51. The van der Waals surface area contributed by atoms with Crippen molar-refractivity contribution in [3.8, 4) is 0 Å². The molecule has 0 bridgehead atoms. The molecule has 1 unspecified atom stereocenters. The Hall–Kier alpha value is -1.17. The summed E-state index contributed by atoms with van der Waals surface area (Å²) in [7, 11) is 0. The molecule has 1 fully saturated rings. The van der Waals surface area contributed by atoms with E-state index in [4.69, 9.17) is 16.3 Å². The van der Waals surface area contributed by atoms with Crippen LogP contribution in [0.4, 0.5) is 4.39 Å². The second-order valence-electron chi connectivity index (χ2n) is 5.24. The first-order valence-electron chi connectivity index (χ1n) is 7.03. The van der Waals surface area contributed by atoms with Crippen LogP contribution in [0, 0.1) is 17.7 Å². The highest BCUT2D eigenvalue weighted by Crippen LogP contribution is 2.24. The molecule has 2 rings (SSSR count). The van der Waals surface area contributed by atoms with E-state index in [0.29, 0.717) is 25.3 Å². The van der Waals surface area contributed by atoms with E-state index in [1.165, 1.54) is 6.07 Å². The molecule has 0 aliphatic carbocycles. The van der Waals surface area contributed by atoms with Gasteiger partial charge in [-0.3, -0.25) is 4.79 Å². The summed E-state index contributed by atoms with van der Waals surface area (Å²) in [5, 5.41) is 12.5. The van der Waals surface area contributed by atoms with E-state index in [2.05, 4.69) is 5.32 Å². The van der Waals surface area contributed by atoms with Crippen LogP contribution in [-0.4, -0.2) is 30.8 Å². The van der Waals surface area contributed by atoms with Gasteiger partial charge in [-0.05, 0) is 24.8 Å². The van der Waals surface area contributed by atoms with Crippen LogP contribution < -0.4 is 5.32 Å². The Morgan fingerprint density at radius 2 is 2.19 bits per heavy atom. The summed E-state index contributed by atoms with van der Waals surface area (Å²) in [4.78, 5) is 11.4. The summed E-state index contributed by atoms with van der Waals surface area (Å²) in [5.41, 5.74) is 0.443. The summed E-state index contributed by atoms with van der Waals surface area (Å²) in [6, 6.07) is 4.80. The van der Waals surface area contributed by atoms with Crippen molar-refractivity contribution in [2.75, 3.05) is 19.8 Å². The molecule has 0 aromatic heterocycles. The zero-order valence-corrected chi connectivity index (χ0v) is 12.4. The predicted molar refractivity (Wildman–Crippen MR) is 77.8 cm³/mol. The molecule has 2 N–H and O–H groups in total. The molecule has 1 aliphatic heterocycles. The van der Waals surface area contributed by atoms with E-state index in [0.717, 1.165) is 12.8 Å². The maximum atomic E-state index is 13.7. The van der Waals surface area contributed by atoms with Gasteiger partial charge in [0.15, 0.2) is 0 Å². The topological polar surface area (TPSA) is 58.6 Å². The van der Waals surface area contributed by atoms with E-state index >= 15 is 0 Å². The maximum absolute atomic E-state index is 13.7. The lowest BCUT2D eigenvalue weighted by Gasteiger charge is -2.27. The smallest absolute Gasteiger partial charge is 0.308 e. The molecule has 1 atom stereocenters. The third-order valence-corrected chi connectivity index (χ3v) is 4.16. The second kappa shape index (κ2) is 7.73. The van der Waals surface area contributed by atoms with Crippen molar-refractivity contribution in [1.82, 2.24) is 5.32 Å². The largest absolute Gasteiger partial charge is 0.481 e. The van der Waals surface area contributed by atoms with Gasteiger partial charge < -0.3 is 15.2 Å². The van der Waals surface area contributed by atoms with Crippen molar-refractivity contribution >= 4 is 17.6 Å². The number of aliphatic carboxylic acids is 1. The zero-order chi connectivity index (χ0) is 15.2. The lowest BCUT2D eigenvalue weighted by atomic mass is 9.86. The Bertz CT molecular complexity index is 492. The van der Waals surface area contributed by atoms with Crippen LogP contribution in [0.15, 0.2) is 18.2 Å². The molecule has 1 saturated heterocycles. The van der Waals surface area contributed by atoms with Crippen LogP contribution in [0.5, 0.6) is 0 Å². The number of carbonyl (C=O) groups is 1.